The van der Waals surface area contributed by atoms with E-state index in [9.17, 15) is 9.59 Å². The zero-order valence-electron chi connectivity index (χ0n) is 5.87. The van der Waals surface area contributed by atoms with Crippen molar-refractivity contribution in [1.29, 1.82) is 0 Å². The highest BCUT2D eigenvalue weighted by atomic mass is 16.4. The molecular weight excluding hydrogens is 134 g/mol. The van der Waals surface area contributed by atoms with Gasteiger partial charge in [-0.05, 0) is 0 Å². The summed E-state index contributed by atoms with van der Waals surface area (Å²) >= 11 is 0. The first-order valence-electron chi connectivity index (χ1n) is 2.66. The molecule has 1 amide bonds. The number of carbonyl (C=O) groups excluding carboxylic acids is 1. The first-order chi connectivity index (χ1) is 4.54. The van der Waals surface area contributed by atoms with Gasteiger partial charge in [-0.3, -0.25) is 4.79 Å². The molecule has 0 aromatic carbocycles. The Morgan fingerprint density at radius 2 is 1.80 bits per heavy atom. The predicted octanol–water partition coefficient (Wildman–Crippen LogP) is -0.285. The highest BCUT2D eigenvalue weighted by molar-refractivity contribution is 5.93. The van der Waals surface area contributed by atoms with Crippen LogP contribution in [-0.4, -0.2) is 36.0 Å². The van der Waals surface area contributed by atoms with Gasteiger partial charge in [-0.15, -0.1) is 0 Å². The van der Waals surface area contributed by atoms with Gasteiger partial charge in [0.2, 0.25) is 5.91 Å². The van der Waals surface area contributed by atoms with Crippen molar-refractivity contribution in [1.82, 2.24) is 4.90 Å². The van der Waals surface area contributed by atoms with E-state index in [4.69, 9.17) is 5.11 Å². The third-order valence-corrected chi connectivity index (χ3v) is 0.809. The normalized spacial score (nSPS) is 9.80. The Morgan fingerprint density at radius 3 is 2.10 bits per heavy atom. The predicted molar refractivity (Wildman–Crippen MR) is 35.5 cm³/mol. The maximum absolute atomic E-state index is 10.6. The van der Waals surface area contributed by atoms with Gasteiger partial charge >= 0.3 is 5.97 Å². The van der Waals surface area contributed by atoms with E-state index in [1.54, 1.807) is 14.1 Å². The first-order valence-corrected chi connectivity index (χ1v) is 2.66. The molecule has 0 saturated carbocycles. The fourth-order valence-corrected chi connectivity index (χ4v) is 0.292. The third-order valence-electron chi connectivity index (χ3n) is 0.809. The fraction of sp³-hybridized carbons (Fsp3) is 0.333. The lowest BCUT2D eigenvalue weighted by atomic mass is 10.4. The summed E-state index contributed by atoms with van der Waals surface area (Å²) in [4.78, 5) is 21.8. The van der Waals surface area contributed by atoms with Crippen LogP contribution in [-0.2, 0) is 9.59 Å². The molecular formula is C6H9NO3. The lowest BCUT2D eigenvalue weighted by molar-refractivity contribution is -0.132. The van der Waals surface area contributed by atoms with Gasteiger partial charge in [-0.25, -0.2) is 4.79 Å². The molecule has 56 valence electrons. The number of rotatable bonds is 2. The van der Waals surface area contributed by atoms with Gasteiger partial charge in [0.25, 0.3) is 0 Å². The lowest BCUT2D eigenvalue weighted by Gasteiger charge is -2.03. The molecule has 0 spiro atoms. The molecule has 0 atom stereocenters. The number of carboxylic acids is 1. The molecule has 0 radical (unpaired) electrons. The van der Waals surface area contributed by atoms with Gasteiger partial charge in [-0.2, -0.15) is 0 Å². The first kappa shape index (κ1) is 8.68. The van der Waals surface area contributed by atoms with Crippen molar-refractivity contribution in [3.05, 3.63) is 12.2 Å². The Kier molecular flexibility index (Phi) is 3.17. The van der Waals surface area contributed by atoms with Gasteiger partial charge in [0.1, 0.15) is 0 Å². The van der Waals surface area contributed by atoms with Crippen molar-refractivity contribution in [2.24, 2.45) is 0 Å². The molecule has 0 rings (SSSR count). The van der Waals surface area contributed by atoms with Gasteiger partial charge in [-0.1, -0.05) is 0 Å². The average Bonchev–Trinajstić information content (AvgIpc) is 1.82. The largest absolute Gasteiger partial charge is 0.478 e. The Labute approximate surface area is 58.8 Å². The van der Waals surface area contributed by atoms with Gasteiger partial charge in [0.15, 0.2) is 0 Å². The highest BCUT2D eigenvalue weighted by Gasteiger charge is 1.97. The zero-order chi connectivity index (χ0) is 8.15. The number of amides is 1. The van der Waals surface area contributed by atoms with Crippen LogP contribution in [0.2, 0.25) is 0 Å². The lowest BCUT2D eigenvalue weighted by Crippen LogP contribution is -2.19. The second-order valence-corrected chi connectivity index (χ2v) is 1.90. The van der Waals surface area contributed by atoms with Crippen LogP contribution in [0.1, 0.15) is 0 Å². The Hall–Kier alpha value is -1.32. The maximum atomic E-state index is 10.6. The minimum absolute atomic E-state index is 0.331. The number of likely N-dealkylation sites (N-methyl/N-ethyl adjacent to an activating group) is 1. The van der Waals surface area contributed by atoms with E-state index >= 15 is 0 Å². The molecule has 10 heavy (non-hydrogen) atoms. The van der Waals surface area contributed by atoms with Gasteiger partial charge in [0, 0.05) is 26.2 Å². The van der Waals surface area contributed by atoms with E-state index in [-0.39, 0.29) is 5.91 Å². The Morgan fingerprint density at radius 1 is 1.30 bits per heavy atom. The molecule has 0 aromatic rings. The number of hydrogen-bond donors (Lipinski definition) is 1. The van der Waals surface area contributed by atoms with Crippen molar-refractivity contribution in [3.63, 3.8) is 0 Å². The SMILES string of the molecule is CN(C)C(=O)/C=C/C(=O)O. The summed E-state index contributed by atoms with van der Waals surface area (Å²) < 4.78 is 0. The summed E-state index contributed by atoms with van der Waals surface area (Å²) in [6.45, 7) is 0. The molecule has 0 heterocycles. The van der Waals surface area contributed by atoms with E-state index in [1.807, 2.05) is 0 Å². The van der Waals surface area contributed by atoms with E-state index < -0.39 is 5.97 Å². The van der Waals surface area contributed by atoms with E-state index in [1.165, 1.54) is 4.90 Å². The van der Waals surface area contributed by atoms with Crippen molar-refractivity contribution in [2.75, 3.05) is 14.1 Å². The molecule has 0 aliphatic heterocycles. The average molecular weight is 143 g/mol. The second-order valence-electron chi connectivity index (χ2n) is 1.90. The number of nitrogens with zero attached hydrogens (tertiary/aromatic N) is 1. The van der Waals surface area contributed by atoms with Crippen LogP contribution in [0.4, 0.5) is 0 Å². The summed E-state index contributed by atoms with van der Waals surface area (Å²) in [7, 11) is 3.10. The quantitative estimate of drug-likeness (QED) is 0.540. The minimum Gasteiger partial charge on any atom is -0.478 e. The van der Waals surface area contributed by atoms with Crippen LogP contribution in [0.25, 0.3) is 0 Å². The number of hydrogen-bond acceptors (Lipinski definition) is 2. The smallest absolute Gasteiger partial charge is 0.328 e. The number of carboxylic acid groups (broad SMARTS) is 1. The molecule has 0 saturated heterocycles. The second kappa shape index (κ2) is 3.66. The molecule has 0 fully saturated rings. The molecule has 0 aliphatic rings. The zero-order valence-corrected chi connectivity index (χ0v) is 5.87. The third kappa shape index (κ3) is 3.65. The molecule has 4 heteroatoms. The van der Waals surface area contributed by atoms with E-state index in [2.05, 4.69) is 0 Å². The summed E-state index contributed by atoms with van der Waals surface area (Å²) in [5.74, 6) is -1.45. The van der Waals surface area contributed by atoms with Crippen molar-refractivity contribution in [2.45, 2.75) is 0 Å². The summed E-state index contributed by atoms with van der Waals surface area (Å²) in [5.41, 5.74) is 0. The number of aliphatic carboxylic acids is 1. The summed E-state index contributed by atoms with van der Waals surface area (Å²) in [6, 6.07) is 0. The van der Waals surface area contributed by atoms with Crippen molar-refractivity contribution >= 4 is 11.9 Å². The minimum atomic E-state index is -1.12. The van der Waals surface area contributed by atoms with Crippen LogP contribution in [0.3, 0.4) is 0 Å². The Bertz CT molecular complexity index is 172. The monoisotopic (exact) mass is 143 g/mol. The van der Waals surface area contributed by atoms with Crippen molar-refractivity contribution < 1.29 is 14.7 Å². The molecule has 4 nitrogen and oxygen atoms in total. The molecule has 1 N–H and O–H groups in total. The molecule has 0 unspecified atom stereocenters. The van der Waals surface area contributed by atoms with Crippen LogP contribution in [0, 0.1) is 0 Å². The fourth-order valence-electron chi connectivity index (χ4n) is 0.292. The van der Waals surface area contributed by atoms with Crippen LogP contribution >= 0.6 is 0 Å². The van der Waals surface area contributed by atoms with Crippen LogP contribution in [0.5, 0.6) is 0 Å². The van der Waals surface area contributed by atoms with Crippen molar-refractivity contribution in [3.8, 4) is 0 Å². The molecule has 0 aliphatic carbocycles. The van der Waals surface area contributed by atoms with Gasteiger partial charge in [0.05, 0.1) is 0 Å². The standard InChI is InChI=1S/C6H9NO3/c1-7(2)5(8)3-4-6(9)10/h3-4H,1-2H3,(H,9,10)/b4-3+. The number of carbonyl (C=O) groups is 2. The van der Waals surface area contributed by atoms with Crippen LogP contribution in [0.15, 0.2) is 12.2 Å². The topological polar surface area (TPSA) is 57.6 Å². The van der Waals surface area contributed by atoms with Gasteiger partial charge < -0.3 is 10.0 Å². The van der Waals surface area contributed by atoms with E-state index in [0.717, 1.165) is 12.2 Å². The van der Waals surface area contributed by atoms with E-state index in [0.29, 0.717) is 0 Å². The molecule has 0 bridgehead atoms. The maximum Gasteiger partial charge on any atom is 0.328 e. The highest BCUT2D eigenvalue weighted by Crippen LogP contribution is 1.80. The Balaban J connectivity index is 3.90. The summed E-state index contributed by atoms with van der Waals surface area (Å²) in [6.07, 6.45) is 1.81. The summed E-state index contributed by atoms with van der Waals surface area (Å²) in [5, 5.41) is 8.09. The molecule has 0 aromatic heterocycles. The van der Waals surface area contributed by atoms with Crippen LogP contribution < -0.4 is 0 Å².